The quantitative estimate of drug-likeness (QED) is 0.760. The van der Waals surface area contributed by atoms with E-state index in [4.69, 9.17) is 4.74 Å². The number of rotatable bonds is 7. The molecule has 144 valence electrons. The Morgan fingerprint density at radius 2 is 1.89 bits per heavy atom. The Labute approximate surface area is 160 Å². The van der Waals surface area contributed by atoms with Gasteiger partial charge in [-0.1, -0.05) is 31.5 Å². The molecule has 3 rings (SSSR count). The number of hydrogen-bond donors (Lipinski definition) is 2. The van der Waals surface area contributed by atoms with Crippen LogP contribution in [0.3, 0.4) is 0 Å². The van der Waals surface area contributed by atoms with Crippen LogP contribution in [-0.2, 0) is 10.0 Å². The molecule has 2 aromatic carbocycles. The maximum Gasteiger partial charge on any atom is 0.251 e. The first-order valence-electron chi connectivity index (χ1n) is 9.11. The number of nitrogens with one attached hydrogen (secondary N) is 2. The number of para-hydroxylation sites is 1. The number of amides is 1. The van der Waals surface area contributed by atoms with Crippen LogP contribution >= 0.6 is 0 Å². The fourth-order valence-electron chi connectivity index (χ4n) is 2.99. The van der Waals surface area contributed by atoms with Gasteiger partial charge in [0.15, 0.2) is 0 Å². The second kappa shape index (κ2) is 8.43. The number of unbranched alkanes of at least 4 members (excludes halogenated alkanes) is 1. The average molecular weight is 388 g/mol. The van der Waals surface area contributed by atoms with Crippen LogP contribution in [0.25, 0.3) is 0 Å². The number of carbonyl (C=O) groups excluding carboxylic acids is 1. The fourth-order valence-corrected chi connectivity index (χ4v) is 4.25. The third-order valence-corrected chi connectivity index (χ3v) is 5.82. The van der Waals surface area contributed by atoms with Gasteiger partial charge in [0.05, 0.1) is 18.4 Å². The first-order chi connectivity index (χ1) is 13.0. The molecule has 6 nitrogen and oxygen atoms in total. The highest BCUT2D eigenvalue weighted by atomic mass is 32.2. The summed E-state index contributed by atoms with van der Waals surface area (Å²) in [4.78, 5) is 12.6. The molecular formula is C20H24N2O4S. The van der Waals surface area contributed by atoms with E-state index in [2.05, 4.69) is 10.0 Å². The highest BCUT2D eigenvalue weighted by Crippen LogP contribution is 2.31. The summed E-state index contributed by atoms with van der Waals surface area (Å²) < 4.78 is 32.1. The Kier molecular flexibility index (Phi) is 6.01. The lowest BCUT2D eigenvalue weighted by Gasteiger charge is -2.26. The lowest BCUT2D eigenvalue weighted by Crippen LogP contribution is -2.32. The first-order valence-corrected chi connectivity index (χ1v) is 10.8. The van der Waals surface area contributed by atoms with E-state index in [0.717, 1.165) is 17.7 Å². The van der Waals surface area contributed by atoms with Crippen molar-refractivity contribution in [3.05, 3.63) is 59.7 Å². The van der Waals surface area contributed by atoms with Gasteiger partial charge in [-0.15, -0.1) is 0 Å². The number of fused-ring (bicyclic) bond motifs is 1. The maximum absolute atomic E-state index is 12.6. The van der Waals surface area contributed by atoms with E-state index >= 15 is 0 Å². The zero-order valence-electron chi connectivity index (χ0n) is 15.3. The predicted molar refractivity (Wildman–Crippen MR) is 106 cm³/mol. The van der Waals surface area contributed by atoms with Crippen molar-refractivity contribution in [3.8, 4) is 5.75 Å². The van der Waals surface area contributed by atoms with Crippen LogP contribution in [0.4, 0.5) is 5.69 Å². The van der Waals surface area contributed by atoms with Gasteiger partial charge < -0.3 is 10.1 Å². The molecule has 0 bridgehead atoms. The lowest BCUT2D eigenvalue weighted by molar-refractivity contribution is 0.0925. The van der Waals surface area contributed by atoms with Crippen LogP contribution in [0.1, 0.15) is 48.1 Å². The van der Waals surface area contributed by atoms with Gasteiger partial charge in [0.25, 0.3) is 5.91 Å². The van der Waals surface area contributed by atoms with Gasteiger partial charge in [0.1, 0.15) is 5.75 Å². The minimum Gasteiger partial charge on any atom is -0.493 e. The zero-order chi connectivity index (χ0) is 19.3. The zero-order valence-corrected chi connectivity index (χ0v) is 16.1. The summed E-state index contributed by atoms with van der Waals surface area (Å²) in [7, 11) is -3.35. The average Bonchev–Trinajstić information content (AvgIpc) is 2.67. The lowest BCUT2D eigenvalue weighted by atomic mass is 10.00. The summed E-state index contributed by atoms with van der Waals surface area (Å²) >= 11 is 0. The van der Waals surface area contributed by atoms with Crippen molar-refractivity contribution in [2.24, 2.45) is 0 Å². The van der Waals surface area contributed by atoms with E-state index in [0.29, 0.717) is 30.7 Å². The Morgan fingerprint density at radius 1 is 1.15 bits per heavy atom. The van der Waals surface area contributed by atoms with Gasteiger partial charge in [-0.25, -0.2) is 8.42 Å². The minimum absolute atomic E-state index is 0.0922. The molecule has 2 aromatic rings. The highest BCUT2D eigenvalue weighted by Gasteiger charge is 2.23. The van der Waals surface area contributed by atoms with Crippen molar-refractivity contribution in [2.45, 2.75) is 32.2 Å². The smallest absolute Gasteiger partial charge is 0.251 e. The number of hydrogen-bond acceptors (Lipinski definition) is 4. The molecule has 7 heteroatoms. The van der Waals surface area contributed by atoms with Crippen molar-refractivity contribution in [3.63, 3.8) is 0 Å². The summed E-state index contributed by atoms with van der Waals surface area (Å²) in [5, 5.41) is 3.03. The molecule has 0 radical (unpaired) electrons. The molecule has 0 fully saturated rings. The van der Waals surface area contributed by atoms with E-state index in [1.807, 2.05) is 31.2 Å². The topological polar surface area (TPSA) is 84.5 Å². The monoisotopic (exact) mass is 388 g/mol. The SMILES string of the molecule is CCCCS(=O)(=O)Nc1ccc(C(=O)N[C@H]2CCOc3ccccc32)cc1. The molecule has 1 atom stereocenters. The van der Waals surface area contributed by atoms with Crippen LogP contribution < -0.4 is 14.8 Å². The van der Waals surface area contributed by atoms with Crippen LogP contribution in [-0.4, -0.2) is 26.7 Å². The van der Waals surface area contributed by atoms with E-state index < -0.39 is 10.0 Å². The molecular weight excluding hydrogens is 364 g/mol. The van der Waals surface area contributed by atoms with Gasteiger partial charge in [0, 0.05) is 23.2 Å². The van der Waals surface area contributed by atoms with Crippen molar-refractivity contribution in [2.75, 3.05) is 17.1 Å². The second-order valence-electron chi connectivity index (χ2n) is 6.55. The highest BCUT2D eigenvalue weighted by molar-refractivity contribution is 7.92. The number of sulfonamides is 1. The maximum atomic E-state index is 12.6. The number of ether oxygens (including phenoxy) is 1. The molecule has 0 unspecified atom stereocenters. The Balaban J connectivity index is 1.65. The summed E-state index contributed by atoms with van der Waals surface area (Å²) in [5.74, 6) is 0.692. The third-order valence-electron chi connectivity index (χ3n) is 4.45. The predicted octanol–water partition coefficient (Wildman–Crippen LogP) is 3.48. The molecule has 27 heavy (non-hydrogen) atoms. The van der Waals surface area contributed by atoms with Gasteiger partial charge in [-0.05, 0) is 36.8 Å². The van der Waals surface area contributed by atoms with E-state index in [9.17, 15) is 13.2 Å². The van der Waals surface area contributed by atoms with Crippen LogP contribution in [0.15, 0.2) is 48.5 Å². The number of anilines is 1. The standard InChI is InChI=1S/C20H24N2O4S/c1-2-3-14-27(24,25)22-16-10-8-15(9-11-16)20(23)21-18-12-13-26-19-7-5-4-6-17(18)19/h4-11,18,22H,2-3,12-14H2,1H3,(H,21,23)/t18-/m0/s1. The van der Waals surface area contributed by atoms with Crippen molar-refractivity contribution >= 4 is 21.6 Å². The Bertz CT molecular complexity index is 894. The molecule has 1 aliphatic rings. The van der Waals surface area contributed by atoms with Crippen LogP contribution in [0.5, 0.6) is 5.75 Å². The van der Waals surface area contributed by atoms with E-state index in [1.54, 1.807) is 24.3 Å². The Hall–Kier alpha value is -2.54. The van der Waals surface area contributed by atoms with Crippen LogP contribution in [0, 0.1) is 0 Å². The van der Waals surface area contributed by atoms with Crippen molar-refractivity contribution in [1.29, 1.82) is 0 Å². The molecule has 1 amide bonds. The molecule has 0 saturated heterocycles. The van der Waals surface area contributed by atoms with Gasteiger partial charge in [-0.3, -0.25) is 9.52 Å². The Morgan fingerprint density at radius 3 is 2.63 bits per heavy atom. The summed E-state index contributed by atoms with van der Waals surface area (Å²) in [6, 6.07) is 14.0. The van der Waals surface area contributed by atoms with Gasteiger partial charge in [0.2, 0.25) is 10.0 Å². The summed E-state index contributed by atoms with van der Waals surface area (Å²) in [6.07, 6.45) is 2.13. The molecule has 1 aliphatic heterocycles. The van der Waals surface area contributed by atoms with Crippen molar-refractivity contribution < 1.29 is 17.9 Å². The number of benzene rings is 2. The molecule has 0 spiro atoms. The van der Waals surface area contributed by atoms with E-state index in [-0.39, 0.29) is 17.7 Å². The van der Waals surface area contributed by atoms with Crippen molar-refractivity contribution in [1.82, 2.24) is 5.32 Å². The molecule has 0 aliphatic carbocycles. The first kappa shape index (κ1) is 19.2. The summed E-state index contributed by atoms with van der Waals surface area (Å²) in [5.41, 5.74) is 1.91. The fraction of sp³-hybridized carbons (Fsp3) is 0.350. The second-order valence-corrected chi connectivity index (χ2v) is 8.39. The molecule has 0 aromatic heterocycles. The minimum atomic E-state index is -3.35. The molecule has 0 saturated carbocycles. The van der Waals surface area contributed by atoms with E-state index in [1.165, 1.54) is 0 Å². The molecule has 2 N–H and O–H groups in total. The van der Waals surface area contributed by atoms with Gasteiger partial charge in [-0.2, -0.15) is 0 Å². The van der Waals surface area contributed by atoms with Gasteiger partial charge >= 0.3 is 0 Å². The number of carbonyl (C=O) groups is 1. The molecule has 1 heterocycles. The normalized spacial score (nSPS) is 16.1. The largest absolute Gasteiger partial charge is 0.493 e. The summed E-state index contributed by atoms with van der Waals surface area (Å²) in [6.45, 7) is 2.50. The third kappa shape index (κ3) is 5.01. The van der Waals surface area contributed by atoms with Crippen LogP contribution in [0.2, 0.25) is 0 Å².